The lowest BCUT2D eigenvalue weighted by atomic mass is 10.1. The van der Waals surface area contributed by atoms with Gasteiger partial charge in [-0.3, -0.25) is 0 Å². The van der Waals surface area contributed by atoms with Crippen molar-refractivity contribution in [2.24, 2.45) is 0 Å². The SMILES string of the molecule is CCS(=O)(=O)N1CCCC1c1cccc(Br)c1. The van der Waals surface area contributed by atoms with Crippen LogP contribution in [0.3, 0.4) is 0 Å². The summed E-state index contributed by atoms with van der Waals surface area (Å²) in [6.07, 6.45) is 1.85. The number of hydrogen-bond donors (Lipinski definition) is 0. The van der Waals surface area contributed by atoms with E-state index in [1.54, 1.807) is 11.2 Å². The van der Waals surface area contributed by atoms with Crippen LogP contribution >= 0.6 is 15.9 Å². The van der Waals surface area contributed by atoms with E-state index < -0.39 is 10.0 Å². The van der Waals surface area contributed by atoms with E-state index in [1.807, 2.05) is 24.3 Å². The fraction of sp³-hybridized carbons (Fsp3) is 0.500. The Morgan fingerprint density at radius 3 is 2.88 bits per heavy atom. The molecule has 1 aliphatic heterocycles. The average molecular weight is 318 g/mol. The van der Waals surface area contributed by atoms with Gasteiger partial charge in [-0.05, 0) is 37.5 Å². The molecule has 1 heterocycles. The normalized spacial score (nSPS) is 21.9. The second-order valence-corrected chi connectivity index (χ2v) is 7.35. The second kappa shape index (κ2) is 5.08. The number of nitrogens with zero attached hydrogens (tertiary/aromatic N) is 1. The number of halogens is 1. The van der Waals surface area contributed by atoms with Crippen LogP contribution in [0.4, 0.5) is 0 Å². The highest BCUT2D eigenvalue weighted by atomic mass is 79.9. The van der Waals surface area contributed by atoms with E-state index in [-0.39, 0.29) is 11.8 Å². The Morgan fingerprint density at radius 1 is 1.47 bits per heavy atom. The first-order valence-electron chi connectivity index (χ1n) is 5.79. The van der Waals surface area contributed by atoms with Crippen molar-refractivity contribution in [2.75, 3.05) is 12.3 Å². The van der Waals surface area contributed by atoms with Crippen molar-refractivity contribution in [1.29, 1.82) is 0 Å². The molecule has 0 bridgehead atoms. The van der Waals surface area contributed by atoms with E-state index in [9.17, 15) is 8.42 Å². The van der Waals surface area contributed by atoms with Gasteiger partial charge in [0.1, 0.15) is 0 Å². The summed E-state index contributed by atoms with van der Waals surface area (Å²) in [6.45, 7) is 2.35. The van der Waals surface area contributed by atoms with Crippen molar-refractivity contribution in [3.05, 3.63) is 34.3 Å². The van der Waals surface area contributed by atoms with Gasteiger partial charge in [-0.15, -0.1) is 0 Å². The second-order valence-electron chi connectivity index (χ2n) is 4.22. The van der Waals surface area contributed by atoms with Crippen molar-refractivity contribution in [3.8, 4) is 0 Å². The zero-order chi connectivity index (χ0) is 12.5. The number of hydrogen-bond acceptors (Lipinski definition) is 2. The molecule has 5 heteroatoms. The predicted octanol–water partition coefficient (Wildman–Crippen LogP) is 2.94. The van der Waals surface area contributed by atoms with Crippen molar-refractivity contribution in [1.82, 2.24) is 4.31 Å². The molecule has 2 rings (SSSR count). The van der Waals surface area contributed by atoms with Crippen LogP contribution in [0.25, 0.3) is 0 Å². The molecule has 1 unspecified atom stereocenters. The van der Waals surface area contributed by atoms with Gasteiger partial charge in [0.2, 0.25) is 10.0 Å². The molecule has 0 aromatic heterocycles. The van der Waals surface area contributed by atoms with Crippen LogP contribution in [0.2, 0.25) is 0 Å². The molecule has 0 saturated carbocycles. The highest BCUT2D eigenvalue weighted by Gasteiger charge is 2.33. The minimum atomic E-state index is -3.09. The third-order valence-corrected chi connectivity index (χ3v) is 5.53. The molecule has 3 nitrogen and oxygen atoms in total. The Balaban J connectivity index is 2.32. The van der Waals surface area contributed by atoms with Crippen LogP contribution in [0, 0.1) is 0 Å². The summed E-state index contributed by atoms with van der Waals surface area (Å²) in [6, 6.07) is 7.93. The molecular weight excluding hydrogens is 302 g/mol. The molecule has 1 fully saturated rings. The fourth-order valence-corrected chi connectivity index (χ4v) is 4.06. The minimum absolute atomic E-state index is 0.0115. The summed E-state index contributed by atoms with van der Waals surface area (Å²) in [5, 5.41) is 0. The van der Waals surface area contributed by atoms with Crippen molar-refractivity contribution >= 4 is 26.0 Å². The standard InChI is InChI=1S/C12H16BrNO2S/c1-2-17(15,16)14-8-4-7-12(14)10-5-3-6-11(13)9-10/h3,5-6,9,12H,2,4,7-8H2,1H3. The van der Waals surface area contributed by atoms with Crippen LogP contribution < -0.4 is 0 Å². The van der Waals surface area contributed by atoms with Gasteiger partial charge in [0.15, 0.2) is 0 Å². The van der Waals surface area contributed by atoms with E-state index in [4.69, 9.17) is 0 Å². The highest BCUT2D eigenvalue weighted by molar-refractivity contribution is 9.10. The maximum absolute atomic E-state index is 12.0. The molecule has 0 amide bonds. The fourth-order valence-electron chi connectivity index (χ4n) is 2.29. The van der Waals surface area contributed by atoms with Crippen molar-refractivity contribution < 1.29 is 8.42 Å². The van der Waals surface area contributed by atoms with Gasteiger partial charge in [-0.25, -0.2) is 8.42 Å². The van der Waals surface area contributed by atoms with E-state index in [1.165, 1.54) is 0 Å². The maximum atomic E-state index is 12.0. The lowest BCUT2D eigenvalue weighted by molar-refractivity contribution is 0.397. The summed E-state index contributed by atoms with van der Waals surface area (Å²) in [5.74, 6) is 0.178. The Kier molecular flexibility index (Phi) is 3.90. The van der Waals surface area contributed by atoms with Gasteiger partial charge in [0, 0.05) is 17.1 Å². The summed E-state index contributed by atoms with van der Waals surface area (Å²) < 4.78 is 26.6. The largest absolute Gasteiger partial charge is 0.214 e. The number of rotatable bonds is 3. The number of benzene rings is 1. The summed E-state index contributed by atoms with van der Waals surface area (Å²) in [4.78, 5) is 0. The molecule has 0 radical (unpaired) electrons. The predicted molar refractivity (Wildman–Crippen MR) is 72.3 cm³/mol. The Hall–Kier alpha value is -0.390. The lowest BCUT2D eigenvalue weighted by Gasteiger charge is -2.23. The monoisotopic (exact) mass is 317 g/mol. The highest BCUT2D eigenvalue weighted by Crippen LogP contribution is 2.35. The molecule has 1 aromatic carbocycles. The summed E-state index contributed by atoms with van der Waals surface area (Å²) in [5.41, 5.74) is 1.08. The maximum Gasteiger partial charge on any atom is 0.214 e. The molecular formula is C12H16BrNO2S. The zero-order valence-corrected chi connectivity index (χ0v) is 12.2. The third kappa shape index (κ3) is 2.72. The number of sulfonamides is 1. The summed E-state index contributed by atoms with van der Waals surface area (Å²) >= 11 is 3.43. The van der Waals surface area contributed by atoms with E-state index in [0.717, 1.165) is 22.9 Å². The molecule has 1 saturated heterocycles. The summed E-state index contributed by atoms with van der Waals surface area (Å²) in [7, 11) is -3.09. The van der Waals surface area contributed by atoms with Crippen LogP contribution in [0.1, 0.15) is 31.4 Å². The first kappa shape index (κ1) is 13.1. The van der Waals surface area contributed by atoms with E-state index >= 15 is 0 Å². The Morgan fingerprint density at radius 2 is 2.24 bits per heavy atom. The molecule has 0 spiro atoms. The molecule has 17 heavy (non-hydrogen) atoms. The van der Waals surface area contributed by atoms with Gasteiger partial charge in [-0.1, -0.05) is 28.1 Å². The Labute approximate surface area is 111 Å². The van der Waals surface area contributed by atoms with Crippen molar-refractivity contribution in [3.63, 3.8) is 0 Å². The minimum Gasteiger partial charge on any atom is -0.212 e. The van der Waals surface area contributed by atoms with Gasteiger partial charge in [0.25, 0.3) is 0 Å². The third-order valence-electron chi connectivity index (χ3n) is 3.16. The smallest absolute Gasteiger partial charge is 0.212 e. The van der Waals surface area contributed by atoms with Gasteiger partial charge in [0.05, 0.1) is 5.75 Å². The lowest BCUT2D eigenvalue weighted by Crippen LogP contribution is -2.31. The molecule has 0 N–H and O–H groups in total. The molecule has 1 atom stereocenters. The topological polar surface area (TPSA) is 37.4 Å². The van der Waals surface area contributed by atoms with Crippen LogP contribution in [0.15, 0.2) is 28.7 Å². The average Bonchev–Trinajstić information content (AvgIpc) is 2.78. The van der Waals surface area contributed by atoms with Gasteiger partial charge >= 0.3 is 0 Å². The van der Waals surface area contributed by atoms with Crippen LogP contribution in [-0.4, -0.2) is 25.0 Å². The van der Waals surface area contributed by atoms with Crippen molar-refractivity contribution in [2.45, 2.75) is 25.8 Å². The van der Waals surface area contributed by atoms with Crippen LogP contribution in [0.5, 0.6) is 0 Å². The van der Waals surface area contributed by atoms with Gasteiger partial charge in [-0.2, -0.15) is 4.31 Å². The molecule has 1 aliphatic rings. The van der Waals surface area contributed by atoms with Gasteiger partial charge < -0.3 is 0 Å². The van der Waals surface area contributed by atoms with E-state index in [2.05, 4.69) is 15.9 Å². The first-order chi connectivity index (χ1) is 8.04. The van der Waals surface area contributed by atoms with Crippen LogP contribution in [-0.2, 0) is 10.0 Å². The first-order valence-corrected chi connectivity index (χ1v) is 8.20. The Bertz CT molecular complexity index is 501. The zero-order valence-electron chi connectivity index (χ0n) is 9.77. The molecule has 0 aliphatic carbocycles. The quantitative estimate of drug-likeness (QED) is 0.859. The molecule has 94 valence electrons. The molecule has 1 aromatic rings. The van der Waals surface area contributed by atoms with E-state index in [0.29, 0.717) is 6.54 Å².